The molecule has 0 N–H and O–H groups in total. The minimum Gasteiger partial charge on any atom is -0.308 e. The Morgan fingerprint density at radius 3 is 1.36 bits per heavy atom. The van der Waals surface area contributed by atoms with E-state index in [4.69, 9.17) is 15.0 Å². The number of halogens is 2. The molecule has 0 spiro atoms. The lowest BCUT2D eigenvalue weighted by Gasteiger charge is -2.17. The van der Waals surface area contributed by atoms with Crippen LogP contribution < -0.4 is 0 Å². The molecule has 0 bridgehead atoms. The minimum atomic E-state index is -0.706. The zero-order valence-corrected chi connectivity index (χ0v) is 32.3. The highest BCUT2D eigenvalue weighted by atomic mass is 19.1. The van der Waals surface area contributed by atoms with E-state index in [9.17, 15) is 10.5 Å². The van der Waals surface area contributed by atoms with Gasteiger partial charge in [0.05, 0.1) is 45.5 Å². The van der Waals surface area contributed by atoms with Crippen molar-refractivity contribution in [1.29, 1.82) is 10.5 Å². The molecule has 0 aliphatic heterocycles. The third kappa shape index (κ3) is 6.55. The Balaban J connectivity index is 1.33. The highest BCUT2D eigenvalue weighted by molar-refractivity contribution is 6.12. The molecule has 0 saturated heterocycles. The van der Waals surface area contributed by atoms with Crippen LogP contribution in [0.1, 0.15) is 11.1 Å². The maximum absolute atomic E-state index is 15.6. The number of hydrogen-bond acceptors (Lipinski definition) is 5. The molecule has 0 unspecified atom stereocenters. The maximum Gasteiger partial charge on any atom is 0.166 e. The SMILES string of the molecule is N#Cc1ccccc1-c1ccc2c3ccc(-c4ccccc4C#N)cc3n(-c3ccc(-c4c(F)cccc4F)cc3-c3nc(-c4ccccc4)nc(-c4ccccc4)n3)c2c1. The van der Waals surface area contributed by atoms with Gasteiger partial charge in [0, 0.05) is 27.5 Å². The van der Waals surface area contributed by atoms with Crippen molar-refractivity contribution < 1.29 is 8.78 Å². The molecule has 8 aromatic carbocycles. The van der Waals surface area contributed by atoms with Gasteiger partial charge < -0.3 is 4.57 Å². The fraction of sp³-hybridized carbons (Fsp3) is 0. The van der Waals surface area contributed by atoms with Gasteiger partial charge in [-0.3, -0.25) is 0 Å². The smallest absolute Gasteiger partial charge is 0.166 e. The van der Waals surface area contributed by atoms with Crippen LogP contribution in [0.15, 0.2) is 182 Å². The number of rotatable bonds is 7. The molecule has 10 rings (SSSR count). The van der Waals surface area contributed by atoms with Crippen molar-refractivity contribution in [3.05, 3.63) is 205 Å². The van der Waals surface area contributed by atoms with Gasteiger partial charge in [-0.1, -0.05) is 133 Å². The molecular formula is C53H30F2N6. The van der Waals surface area contributed by atoms with E-state index in [1.54, 1.807) is 24.3 Å². The third-order valence-electron chi connectivity index (χ3n) is 10.9. The number of fused-ring (bicyclic) bond motifs is 3. The molecule has 286 valence electrons. The number of aromatic nitrogens is 4. The van der Waals surface area contributed by atoms with E-state index in [-0.39, 0.29) is 11.4 Å². The molecule has 2 heterocycles. The molecule has 0 atom stereocenters. The average Bonchev–Trinajstić information content (AvgIpc) is 3.64. The topological polar surface area (TPSA) is 91.2 Å². The molecule has 8 heteroatoms. The van der Waals surface area contributed by atoms with Crippen molar-refractivity contribution >= 4 is 21.8 Å². The summed E-state index contributed by atoms with van der Waals surface area (Å²) >= 11 is 0. The van der Waals surface area contributed by atoms with Crippen molar-refractivity contribution in [2.24, 2.45) is 0 Å². The molecule has 0 saturated carbocycles. The van der Waals surface area contributed by atoms with Crippen LogP contribution in [-0.2, 0) is 0 Å². The molecule has 0 radical (unpaired) electrons. The van der Waals surface area contributed by atoms with Crippen LogP contribution in [0.25, 0.3) is 95.0 Å². The lowest BCUT2D eigenvalue weighted by Crippen LogP contribution is -2.04. The van der Waals surface area contributed by atoms with Crippen LogP contribution in [0.5, 0.6) is 0 Å². The average molecular weight is 789 g/mol. The van der Waals surface area contributed by atoms with E-state index in [0.29, 0.717) is 39.6 Å². The minimum absolute atomic E-state index is 0.177. The van der Waals surface area contributed by atoms with E-state index < -0.39 is 11.6 Å². The van der Waals surface area contributed by atoms with E-state index in [1.165, 1.54) is 18.2 Å². The summed E-state index contributed by atoms with van der Waals surface area (Å²) in [6.07, 6.45) is 0. The van der Waals surface area contributed by atoms with Crippen LogP contribution in [0.4, 0.5) is 8.78 Å². The molecule has 0 aliphatic rings. The number of hydrogen-bond donors (Lipinski definition) is 0. The second kappa shape index (κ2) is 15.3. The van der Waals surface area contributed by atoms with E-state index in [0.717, 1.165) is 55.2 Å². The molecule has 61 heavy (non-hydrogen) atoms. The maximum atomic E-state index is 15.6. The van der Waals surface area contributed by atoms with Crippen molar-refractivity contribution in [2.75, 3.05) is 0 Å². The first-order valence-corrected chi connectivity index (χ1v) is 19.5. The molecular weight excluding hydrogens is 759 g/mol. The van der Waals surface area contributed by atoms with Gasteiger partial charge in [0.15, 0.2) is 17.5 Å². The summed E-state index contributed by atoms with van der Waals surface area (Å²) in [5.74, 6) is -0.282. The second-order valence-corrected chi connectivity index (χ2v) is 14.5. The molecule has 0 aliphatic carbocycles. The van der Waals surface area contributed by atoms with Crippen molar-refractivity contribution in [3.63, 3.8) is 0 Å². The van der Waals surface area contributed by atoms with Gasteiger partial charge in [-0.15, -0.1) is 0 Å². The zero-order valence-electron chi connectivity index (χ0n) is 32.3. The Morgan fingerprint density at radius 1 is 0.393 bits per heavy atom. The highest BCUT2D eigenvalue weighted by Crippen LogP contribution is 2.42. The lowest BCUT2D eigenvalue weighted by molar-refractivity contribution is 0.589. The molecule has 0 fully saturated rings. The first-order valence-electron chi connectivity index (χ1n) is 19.5. The predicted octanol–water partition coefficient (Wildman–Crippen LogP) is 13.0. The van der Waals surface area contributed by atoms with Crippen LogP contribution in [0, 0.1) is 34.3 Å². The quantitative estimate of drug-likeness (QED) is 0.160. The predicted molar refractivity (Wildman–Crippen MR) is 236 cm³/mol. The Hall–Kier alpha value is -8.59. The van der Waals surface area contributed by atoms with Crippen LogP contribution in [-0.4, -0.2) is 19.5 Å². The molecule has 2 aromatic heterocycles. The zero-order chi connectivity index (χ0) is 41.5. The monoisotopic (exact) mass is 788 g/mol. The van der Waals surface area contributed by atoms with Gasteiger partial charge in [0.2, 0.25) is 0 Å². The number of benzene rings is 8. The summed E-state index contributed by atoms with van der Waals surface area (Å²) in [6, 6.07) is 60.1. The van der Waals surface area contributed by atoms with E-state index in [2.05, 4.69) is 28.8 Å². The summed E-state index contributed by atoms with van der Waals surface area (Å²) in [4.78, 5) is 15.1. The Bertz CT molecular complexity index is 3230. The van der Waals surface area contributed by atoms with Crippen molar-refractivity contribution in [2.45, 2.75) is 0 Å². The first-order chi connectivity index (χ1) is 30.0. The Labute approximate surface area is 349 Å². The van der Waals surface area contributed by atoms with Crippen molar-refractivity contribution in [1.82, 2.24) is 19.5 Å². The molecule has 0 amide bonds. The highest BCUT2D eigenvalue weighted by Gasteiger charge is 2.23. The Morgan fingerprint density at radius 2 is 0.852 bits per heavy atom. The van der Waals surface area contributed by atoms with Gasteiger partial charge in [0.1, 0.15) is 11.6 Å². The fourth-order valence-electron chi connectivity index (χ4n) is 8.05. The third-order valence-corrected chi connectivity index (χ3v) is 10.9. The number of nitrogens with zero attached hydrogens (tertiary/aromatic N) is 6. The summed E-state index contributed by atoms with van der Waals surface area (Å²) in [5.41, 5.74) is 8.63. The van der Waals surface area contributed by atoms with Gasteiger partial charge in [0.25, 0.3) is 0 Å². The van der Waals surface area contributed by atoms with E-state index in [1.807, 2.05) is 127 Å². The first kappa shape index (κ1) is 36.7. The largest absolute Gasteiger partial charge is 0.308 e. The van der Waals surface area contributed by atoms with Gasteiger partial charge in [-0.2, -0.15) is 10.5 Å². The second-order valence-electron chi connectivity index (χ2n) is 14.5. The molecule has 10 aromatic rings. The van der Waals surface area contributed by atoms with Gasteiger partial charge >= 0.3 is 0 Å². The van der Waals surface area contributed by atoms with Crippen molar-refractivity contribution in [3.8, 4) is 85.4 Å². The number of nitriles is 2. The summed E-state index contributed by atoms with van der Waals surface area (Å²) in [6.45, 7) is 0. The summed E-state index contributed by atoms with van der Waals surface area (Å²) < 4.78 is 33.4. The lowest BCUT2D eigenvalue weighted by atomic mass is 9.98. The van der Waals surface area contributed by atoms with Crippen LogP contribution in [0.2, 0.25) is 0 Å². The summed E-state index contributed by atoms with van der Waals surface area (Å²) in [7, 11) is 0. The van der Waals surface area contributed by atoms with Crippen LogP contribution in [0.3, 0.4) is 0 Å². The fourth-order valence-corrected chi connectivity index (χ4v) is 8.05. The normalized spacial score (nSPS) is 11.1. The van der Waals surface area contributed by atoms with Gasteiger partial charge in [-0.05, 0) is 76.3 Å². The molecule has 6 nitrogen and oxygen atoms in total. The van der Waals surface area contributed by atoms with E-state index >= 15 is 8.78 Å². The van der Waals surface area contributed by atoms with Gasteiger partial charge in [-0.25, -0.2) is 23.7 Å². The van der Waals surface area contributed by atoms with Crippen LogP contribution >= 0.6 is 0 Å². The Kier molecular flexibility index (Phi) is 9.21. The summed E-state index contributed by atoms with van der Waals surface area (Å²) in [5, 5.41) is 22.1. The standard InChI is InChI=1S/C53H30F2N6/c54-45-20-11-21-46(55)50(45)37-24-27-47(44(28-37)53-59-51(33-12-3-1-4-13-33)58-52(60-53)34-14-5-2-6-15-34)61-48-29-35(40-18-9-7-16-38(40)31-56)22-25-42(48)43-26-23-36(30-49(43)61)41-19-10-8-17-39(41)32-57/h1-30H.